The van der Waals surface area contributed by atoms with Crippen molar-refractivity contribution in [3.05, 3.63) is 40.8 Å². The van der Waals surface area contributed by atoms with Crippen LogP contribution in [0.25, 0.3) is 0 Å². The molecule has 6 nitrogen and oxygen atoms in total. The Morgan fingerprint density at radius 1 is 1.35 bits per heavy atom. The maximum Gasteiger partial charge on any atom is 0.308 e. The topological polar surface area (TPSA) is 66.2 Å². The molecule has 23 heavy (non-hydrogen) atoms. The Morgan fingerprint density at radius 2 is 2.09 bits per heavy atom. The lowest BCUT2D eigenvalue weighted by Gasteiger charge is -2.22. The summed E-state index contributed by atoms with van der Waals surface area (Å²) in [6, 6.07) is 5.15. The van der Waals surface area contributed by atoms with E-state index in [4.69, 9.17) is 9.47 Å². The molecular formula is C16H20BrN3O3. The van der Waals surface area contributed by atoms with Crippen LogP contribution in [0.4, 0.5) is 0 Å². The quantitative estimate of drug-likeness (QED) is 0.742. The van der Waals surface area contributed by atoms with E-state index in [2.05, 4.69) is 26.0 Å². The van der Waals surface area contributed by atoms with Crippen LogP contribution in [0.1, 0.15) is 38.8 Å². The van der Waals surface area contributed by atoms with Crippen molar-refractivity contribution >= 4 is 21.9 Å². The number of pyridine rings is 1. The van der Waals surface area contributed by atoms with Crippen molar-refractivity contribution in [2.45, 2.75) is 38.8 Å². The Kier molecular flexibility index (Phi) is 5.41. The highest BCUT2D eigenvalue weighted by atomic mass is 79.9. The fourth-order valence-corrected chi connectivity index (χ4v) is 2.40. The van der Waals surface area contributed by atoms with Gasteiger partial charge in [0, 0.05) is 18.5 Å². The minimum atomic E-state index is -0.523. The average molecular weight is 382 g/mol. The Labute approximate surface area is 143 Å². The summed E-state index contributed by atoms with van der Waals surface area (Å²) in [5.74, 6) is 0.233. The second-order valence-corrected chi connectivity index (χ2v) is 6.87. The SMILES string of the molecule is COc1ccc(C(CC(=O)OC(C)(C)C)n2ccc(Br)n2)cn1. The molecule has 0 aliphatic rings. The molecule has 0 radical (unpaired) electrons. The van der Waals surface area contributed by atoms with E-state index in [0.29, 0.717) is 10.5 Å². The molecule has 2 aromatic heterocycles. The smallest absolute Gasteiger partial charge is 0.308 e. The molecular weight excluding hydrogens is 362 g/mol. The number of halogens is 1. The van der Waals surface area contributed by atoms with Gasteiger partial charge in [-0.05, 0) is 54.4 Å². The molecule has 2 heterocycles. The molecule has 0 spiro atoms. The Morgan fingerprint density at radius 3 is 2.57 bits per heavy atom. The number of ether oxygens (including phenoxy) is 2. The van der Waals surface area contributed by atoms with Gasteiger partial charge in [-0.25, -0.2) is 4.98 Å². The third kappa shape index (κ3) is 5.06. The highest BCUT2D eigenvalue weighted by molar-refractivity contribution is 9.10. The molecule has 124 valence electrons. The van der Waals surface area contributed by atoms with Gasteiger partial charge >= 0.3 is 5.97 Å². The van der Waals surface area contributed by atoms with Crippen LogP contribution in [0.5, 0.6) is 5.88 Å². The predicted octanol–water partition coefficient (Wildman–Crippen LogP) is 3.37. The minimum absolute atomic E-state index is 0.166. The van der Waals surface area contributed by atoms with Crippen LogP contribution >= 0.6 is 15.9 Å². The summed E-state index contributed by atoms with van der Waals surface area (Å²) in [6.07, 6.45) is 3.66. The first-order valence-corrected chi connectivity index (χ1v) is 8.00. The lowest BCUT2D eigenvalue weighted by Crippen LogP contribution is -2.26. The molecule has 2 aromatic rings. The van der Waals surface area contributed by atoms with Gasteiger partial charge in [0.15, 0.2) is 0 Å². The second kappa shape index (κ2) is 7.12. The minimum Gasteiger partial charge on any atom is -0.481 e. The number of esters is 1. The van der Waals surface area contributed by atoms with Gasteiger partial charge in [-0.3, -0.25) is 9.48 Å². The summed E-state index contributed by atoms with van der Waals surface area (Å²) < 4.78 is 12.9. The van der Waals surface area contributed by atoms with Crippen molar-refractivity contribution in [2.24, 2.45) is 0 Å². The molecule has 7 heteroatoms. The molecule has 0 aliphatic heterocycles. The number of nitrogens with zero attached hydrogens (tertiary/aromatic N) is 3. The molecule has 2 rings (SSSR count). The number of carbonyl (C=O) groups is 1. The Balaban J connectivity index is 2.26. The van der Waals surface area contributed by atoms with E-state index in [1.807, 2.05) is 39.1 Å². The lowest BCUT2D eigenvalue weighted by atomic mass is 10.1. The van der Waals surface area contributed by atoms with Gasteiger partial charge in [-0.2, -0.15) is 5.10 Å². The standard InChI is InChI=1S/C16H20BrN3O3/c1-16(2,3)23-15(21)9-12(20-8-7-13(17)19-20)11-5-6-14(22-4)18-10-11/h5-8,10,12H,9H2,1-4H3. The second-order valence-electron chi connectivity index (χ2n) is 6.06. The van der Waals surface area contributed by atoms with Gasteiger partial charge in [0.05, 0.1) is 19.6 Å². The van der Waals surface area contributed by atoms with Crippen LogP contribution in [0.2, 0.25) is 0 Å². The van der Waals surface area contributed by atoms with Crippen molar-refractivity contribution in [3.8, 4) is 5.88 Å². The average Bonchev–Trinajstić information content (AvgIpc) is 2.89. The fraction of sp³-hybridized carbons (Fsp3) is 0.438. The van der Waals surface area contributed by atoms with E-state index < -0.39 is 5.60 Å². The zero-order valence-electron chi connectivity index (χ0n) is 13.6. The summed E-state index contributed by atoms with van der Waals surface area (Å²) in [5.41, 5.74) is 0.331. The van der Waals surface area contributed by atoms with E-state index in [0.717, 1.165) is 5.56 Å². The lowest BCUT2D eigenvalue weighted by molar-refractivity contribution is -0.155. The Bertz CT molecular complexity index is 662. The maximum absolute atomic E-state index is 12.2. The third-order valence-electron chi connectivity index (χ3n) is 3.03. The molecule has 1 atom stereocenters. The van der Waals surface area contributed by atoms with Crippen molar-refractivity contribution in [1.82, 2.24) is 14.8 Å². The van der Waals surface area contributed by atoms with Crippen molar-refractivity contribution in [1.29, 1.82) is 0 Å². The summed E-state index contributed by atoms with van der Waals surface area (Å²) in [4.78, 5) is 16.4. The fourth-order valence-electron chi connectivity index (χ4n) is 2.10. The highest BCUT2D eigenvalue weighted by Gasteiger charge is 2.24. The summed E-state index contributed by atoms with van der Waals surface area (Å²) in [5, 5.41) is 4.35. The van der Waals surface area contributed by atoms with Crippen LogP contribution in [0, 0.1) is 0 Å². The van der Waals surface area contributed by atoms with Crippen LogP contribution in [-0.4, -0.2) is 33.4 Å². The van der Waals surface area contributed by atoms with Gasteiger partial charge in [0.1, 0.15) is 10.2 Å². The molecule has 0 saturated carbocycles. The maximum atomic E-state index is 12.2. The number of methoxy groups -OCH3 is 1. The summed E-state index contributed by atoms with van der Waals surface area (Å²) in [6.45, 7) is 5.54. The van der Waals surface area contributed by atoms with Gasteiger partial charge in [0.2, 0.25) is 5.88 Å². The van der Waals surface area contributed by atoms with Gasteiger partial charge in [-0.1, -0.05) is 0 Å². The normalized spacial score (nSPS) is 12.7. The van der Waals surface area contributed by atoms with Crippen molar-refractivity contribution in [3.63, 3.8) is 0 Å². The summed E-state index contributed by atoms with van der Waals surface area (Å²) in [7, 11) is 1.56. The molecule has 0 bridgehead atoms. The van der Waals surface area contributed by atoms with Gasteiger partial charge < -0.3 is 9.47 Å². The van der Waals surface area contributed by atoms with E-state index >= 15 is 0 Å². The van der Waals surface area contributed by atoms with E-state index in [-0.39, 0.29) is 18.4 Å². The number of hydrogen-bond acceptors (Lipinski definition) is 5. The number of carbonyl (C=O) groups excluding carboxylic acids is 1. The first-order valence-electron chi connectivity index (χ1n) is 7.21. The monoisotopic (exact) mass is 381 g/mol. The molecule has 1 unspecified atom stereocenters. The number of hydrogen-bond donors (Lipinski definition) is 0. The van der Waals surface area contributed by atoms with E-state index in [1.54, 1.807) is 24.1 Å². The van der Waals surface area contributed by atoms with Crippen LogP contribution < -0.4 is 4.74 Å². The molecule has 0 aliphatic carbocycles. The summed E-state index contributed by atoms with van der Waals surface area (Å²) >= 11 is 3.33. The van der Waals surface area contributed by atoms with Crippen LogP contribution in [0.15, 0.2) is 35.2 Å². The Hall–Kier alpha value is -1.89. The van der Waals surface area contributed by atoms with E-state index in [9.17, 15) is 4.79 Å². The predicted molar refractivity (Wildman–Crippen MR) is 89.3 cm³/mol. The van der Waals surface area contributed by atoms with Crippen molar-refractivity contribution in [2.75, 3.05) is 7.11 Å². The zero-order valence-corrected chi connectivity index (χ0v) is 15.2. The molecule has 0 fully saturated rings. The highest BCUT2D eigenvalue weighted by Crippen LogP contribution is 2.25. The van der Waals surface area contributed by atoms with Gasteiger partial charge in [-0.15, -0.1) is 0 Å². The number of rotatable bonds is 5. The first-order chi connectivity index (χ1) is 10.8. The van der Waals surface area contributed by atoms with Crippen molar-refractivity contribution < 1.29 is 14.3 Å². The van der Waals surface area contributed by atoms with E-state index in [1.165, 1.54) is 0 Å². The molecule has 0 aromatic carbocycles. The largest absolute Gasteiger partial charge is 0.481 e. The van der Waals surface area contributed by atoms with Crippen LogP contribution in [0.3, 0.4) is 0 Å². The molecule has 0 saturated heterocycles. The molecule has 0 N–H and O–H groups in total. The molecule has 0 amide bonds. The first kappa shape index (κ1) is 17.5. The number of aromatic nitrogens is 3. The third-order valence-corrected chi connectivity index (χ3v) is 3.45. The van der Waals surface area contributed by atoms with Crippen LogP contribution in [-0.2, 0) is 9.53 Å². The van der Waals surface area contributed by atoms with Gasteiger partial charge in [0.25, 0.3) is 0 Å². The zero-order chi connectivity index (χ0) is 17.0.